The first-order valence-electron chi connectivity index (χ1n) is 20.8. The molecule has 9 heteroatoms. The van der Waals surface area contributed by atoms with Gasteiger partial charge in [-0.2, -0.15) is 0 Å². The Morgan fingerprint density at radius 3 is 1.24 bits per heavy atom. The van der Waals surface area contributed by atoms with E-state index in [0.717, 1.165) is 38.5 Å². The Morgan fingerprint density at radius 1 is 0.444 bits per heavy atom. The summed E-state index contributed by atoms with van der Waals surface area (Å²) >= 11 is 0. The molecule has 0 aliphatic rings. The fourth-order valence-electron chi connectivity index (χ4n) is 5.35. The number of benzene rings is 2. The number of carbonyl (C=O) groups is 4. The zero-order valence-electron chi connectivity index (χ0n) is 33.6. The SMILES string of the molecule is CCCCCC(=O)OCCCCO.CCCCCCCCCCCCCCCCCC(=O)OCCCOC(=O)c1ccccc1.O=C(O)c1ccccc1. The molecule has 0 atom stereocenters. The summed E-state index contributed by atoms with van der Waals surface area (Å²) in [5.74, 6) is -1.47. The molecule has 0 aromatic heterocycles. The third kappa shape index (κ3) is 34.1. The molecule has 2 aromatic rings. The van der Waals surface area contributed by atoms with E-state index in [9.17, 15) is 19.2 Å². The van der Waals surface area contributed by atoms with Crippen LogP contribution in [0.3, 0.4) is 0 Å². The molecule has 2 N–H and O–H groups in total. The van der Waals surface area contributed by atoms with Gasteiger partial charge in [0.05, 0.1) is 30.9 Å². The van der Waals surface area contributed by atoms with Gasteiger partial charge in [0.15, 0.2) is 0 Å². The van der Waals surface area contributed by atoms with Crippen LogP contribution in [0.2, 0.25) is 0 Å². The first-order chi connectivity index (χ1) is 26.3. The standard InChI is InChI=1S/C28H46O4.C10H20O3.C7H6O2/c1-2-3-4-5-6-7-8-9-10-11-12-13-14-15-19-23-27(29)31-24-20-25-32-28(30)26-21-17-16-18-22-26;1-2-3-4-7-10(12)13-9-6-5-8-11;8-7(9)6-4-2-1-3-5-6/h16-18,21-22H,2-15,19-20,23-25H2,1H3;11H,2-9H2,1H3;1-5H,(H,8,9). The third-order valence-electron chi connectivity index (χ3n) is 8.60. The predicted molar refractivity (Wildman–Crippen MR) is 217 cm³/mol. The second-order valence-corrected chi connectivity index (χ2v) is 13.6. The summed E-state index contributed by atoms with van der Waals surface area (Å²) in [4.78, 5) is 44.7. The van der Waals surface area contributed by atoms with Gasteiger partial charge in [0, 0.05) is 25.9 Å². The fraction of sp³-hybridized carbons (Fsp3) is 0.644. The van der Waals surface area contributed by atoms with E-state index < -0.39 is 5.97 Å². The number of carboxylic acids is 1. The van der Waals surface area contributed by atoms with Crippen LogP contribution in [0.5, 0.6) is 0 Å². The predicted octanol–water partition coefficient (Wildman–Crippen LogP) is 11.3. The number of aromatic carboxylic acids is 1. The molecule has 0 spiro atoms. The Bertz CT molecular complexity index is 1150. The average molecular weight is 757 g/mol. The number of esters is 3. The molecule has 0 saturated heterocycles. The lowest BCUT2D eigenvalue weighted by molar-refractivity contribution is -0.144. The second-order valence-electron chi connectivity index (χ2n) is 13.6. The minimum atomic E-state index is -0.879. The van der Waals surface area contributed by atoms with Crippen LogP contribution >= 0.6 is 0 Å². The molecule has 0 bridgehead atoms. The molecule has 2 aromatic carbocycles. The number of aliphatic hydroxyl groups excluding tert-OH is 1. The highest BCUT2D eigenvalue weighted by molar-refractivity contribution is 5.89. The summed E-state index contributed by atoms with van der Waals surface area (Å²) in [5, 5.41) is 16.8. The van der Waals surface area contributed by atoms with Crippen LogP contribution in [0, 0.1) is 0 Å². The fourth-order valence-corrected chi connectivity index (χ4v) is 5.35. The molecule has 0 heterocycles. The van der Waals surface area contributed by atoms with Crippen molar-refractivity contribution in [2.45, 2.75) is 162 Å². The van der Waals surface area contributed by atoms with Crippen molar-refractivity contribution >= 4 is 23.9 Å². The smallest absolute Gasteiger partial charge is 0.338 e. The number of unbranched alkanes of at least 4 members (excludes halogenated alkanes) is 17. The van der Waals surface area contributed by atoms with E-state index in [0.29, 0.717) is 50.0 Å². The molecule has 0 aliphatic heterocycles. The molecule has 0 aliphatic carbocycles. The molecule has 0 amide bonds. The van der Waals surface area contributed by atoms with Gasteiger partial charge in [-0.1, -0.05) is 153 Å². The van der Waals surface area contributed by atoms with Gasteiger partial charge in [0.1, 0.15) is 0 Å². The van der Waals surface area contributed by atoms with Crippen molar-refractivity contribution in [1.29, 1.82) is 0 Å². The number of hydrogen-bond acceptors (Lipinski definition) is 8. The van der Waals surface area contributed by atoms with Crippen molar-refractivity contribution in [2.75, 3.05) is 26.4 Å². The second kappa shape index (κ2) is 39.0. The van der Waals surface area contributed by atoms with E-state index >= 15 is 0 Å². The molecule has 9 nitrogen and oxygen atoms in total. The van der Waals surface area contributed by atoms with E-state index in [4.69, 9.17) is 24.4 Å². The Balaban J connectivity index is 0.00000103. The van der Waals surface area contributed by atoms with Crippen molar-refractivity contribution in [2.24, 2.45) is 0 Å². The number of aliphatic hydroxyl groups is 1. The zero-order valence-corrected chi connectivity index (χ0v) is 33.6. The average Bonchev–Trinajstić information content (AvgIpc) is 3.19. The monoisotopic (exact) mass is 757 g/mol. The molecule has 0 saturated carbocycles. The first kappa shape index (κ1) is 50.3. The summed E-state index contributed by atoms with van der Waals surface area (Å²) in [6, 6.07) is 17.2. The van der Waals surface area contributed by atoms with E-state index in [-0.39, 0.29) is 31.1 Å². The highest BCUT2D eigenvalue weighted by Crippen LogP contribution is 2.14. The van der Waals surface area contributed by atoms with Gasteiger partial charge >= 0.3 is 23.9 Å². The van der Waals surface area contributed by atoms with Crippen LogP contribution in [0.1, 0.15) is 182 Å². The number of rotatable bonds is 30. The summed E-state index contributed by atoms with van der Waals surface area (Å²) in [5.41, 5.74) is 0.871. The molecule has 2 rings (SSSR count). The van der Waals surface area contributed by atoms with Crippen molar-refractivity contribution in [3.63, 3.8) is 0 Å². The highest BCUT2D eigenvalue weighted by Gasteiger charge is 2.07. The first-order valence-corrected chi connectivity index (χ1v) is 20.8. The van der Waals surface area contributed by atoms with Gasteiger partial charge in [-0.05, 0) is 49.9 Å². The van der Waals surface area contributed by atoms with Crippen LogP contribution in [-0.2, 0) is 23.8 Å². The number of hydrogen-bond donors (Lipinski definition) is 2. The maximum Gasteiger partial charge on any atom is 0.338 e. The van der Waals surface area contributed by atoms with Gasteiger partial charge in [-0.15, -0.1) is 0 Å². The van der Waals surface area contributed by atoms with Gasteiger partial charge < -0.3 is 24.4 Å². The zero-order chi connectivity index (χ0) is 39.7. The van der Waals surface area contributed by atoms with E-state index in [1.54, 1.807) is 54.6 Å². The summed E-state index contributed by atoms with van der Waals surface area (Å²) in [6.45, 7) is 5.57. The lowest BCUT2D eigenvalue weighted by Gasteiger charge is -2.06. The van der Waals surface area contributed by atoms with E-state index in [1.165, 1.54) is 83.5 Å². The minimum Gasteiger partial charge on any atom is -0.478 e. The van der Waals surface area contributed by atoms with Crippen LogP contribution in [0.25, 0.3) is 0 Å². The van der Waals surface area contributed by atoms with Gasteiger partial charge in [-0.25, -0.2) is 9.59 Å². The highest BCUT2D eigenvalue weighted by atomic mass is 16.5. The minimum absolute atomic E-state index is 0.105. The molecular formula is C45H72O9. The quantitative estimate of drug-likeness (QED) is 0.0453. The van der Waals surface area contributed by atoms with Gasteiger partial charge in [0.2, 0.25) is 0 Å². The molecule has 0 unspecified atom stereocenters. The summed E-state index contributed by atoms with van der Waals surface area (Å²) < 4.78 is 15.3. The molecular weight excluding hydrogens is 684 g/mol. The Hall–Kier alpha value is -3.72. The summed E-state index contributed by atoms with van der Waals surface area (Å²) in [7, 11) is 0. The van der Waals surface area contributed by atoms with Crippen LogP contribution in [0.4, 0.5) is 0 Å². The number of carbonyl (C=O) groups excluding carboxylic acids is 3. The normalized spacial score (nSPS) is 10.3. The van der Waals surface area contributed by atoms with Crippen LogP contribution in [-0.4, -0.2) is 60.5 Å². The molecule has 0 fully saturated rings. The third-order valence-corrected chi connectivity index (χ3v) is 8.60. The van der Waals surface area contributed by atoms with Gasteiger partial charge in [-0.3, -0.25) is 9.59 Å². The Morgan fingerprint density at radius 2 is 0.815 bits per heavy atom. The maximum absolute atomic E-state index is 11.8. The summed E-state index contributed by atoms with van der Waals surface area (Å²) in [6.07, 6.45) is 25.9. The lowest BCUT2D eigenvalue weighted by atomic mass is 10.0. The topological polar surface area (TPSA) is 136 Å². The lowest BCUT2D eigenvalue weighted by Crippen LogP contribution is -2.10. The van der Waals surface area contributed by atoms with Crippen molar-refractivity contribution in [3.05, 3.63) is 71.8 Å². The molecule has 54 heavy (non-hydrogen) atoms. The largest absolute Gasteiger partial charge is 0.478 e. The molecule has 306 valence electrons. The van der Waals surface area contributed by atoms with Crippen molar-refractivity contribution in [1.82, 2.24) is 0 Å². The van der Waals surface area contributed by atoms with Crippen molar-refractivity contribution in [3.8, 4) is 0 Å². The number of carboxylic acid groups (broad SMARTS) is 1. The van der Waals surface area contributed by atoms with E-state index in [1.807, 2.05) is 6.07 Å². The molecule has 0 radical (unpaired) electrons. The Kier molecular flexibility index (Phi) is 36.3. The van der Waals surface area contributed by atoms with Crippen LogP contribution < -0.4 is 0 Å². The van der Waals surface area contributed by atoms with E-state index in [2.05, 4.69) is 13.8 Å². The van der Waals surface area contributed by atoms with Crippen molar-refractivity contribution < 1.29 is 43.6 Å². The van der Waals surface area contributed by atoms with Gasteiger partial charge in [0.25, 0.3) is 0 Å². The van der Waals surface area contributed by atoms with Crippen LogP contribution in [0.15, 0.2) is 60.7 Å². The maximum atomic E-state index is 11.8. The Labute approximate surface area is 326 Å². The number of ether oxygens (including phenoxy) is 3.